The van der Waals surface area contributed by atoms with E-state index in [4.69, 9.17) is 16.7 Å². The number of carboxylic acids is 1. The molecule has 2 fully saturated rings. The number of rotatable bonds is 10. The van der Waals surface area contributed by atoms with Crippen LogP contribution in [0.25, 0.3) is 0 Å². The molecule has 0 heterocycles. The Kier molecular flexibility index (Phi) is 6.32. The van der Waals surface area contributed by atoms with Gasteiger partial charge in [0.05, 0.1) is 11.6 Å². The van der Waals surface area contributed by atoms with E-state index in [0.29, 0.717) is 24.5 Å². The number of ether oxygens (including phenoxy) is 1. The summed E-state index contributed by atoms with van der Waals surface area (Å²) in [6.07, 6.45) is 4.24. The van der Waals surface area contributed by atoms with Crippen LogP contribution in [-0.4, -0.2) is 47.8 Å². The molecule has 0 bridgehead atoms. The van der Waals surface area contributed by atoms with Crippen LogP contribution in [0.3, 0.4) is 0 Å². The summed E-state index contributed by atoms with van der Waals surface area (Å²) in [6.45, 7) is -1.33. The maximum Gasteiger partial charge on any atom is 0.387 e. The van der Waals surface area contributed by atoms with Gasteiger partial charge in [-0.15, -0.1) is 0 Å². The largest absolute Gasteiger partial charge is 0.480 e. The highest BCUT2D eigenvalue weighted by atomic mass is 35.5. The van der Waals surface area contributed by atoms with Crippen molar-refractivity contribution in [3.8, 4) is 5.75 Å². The van der Waals surface area contributed by atoms with E-state index < -0.39 is 12.6 Å². The van der Waals surface area contributed by atoms with Crippen LogP contribution in [0.4, 0.5) is 8.78 Å². The molecule has 0 amide bonds. The number of nitrogens with zero attached hydrogens (tertiary/aromatic N) is 1. The number of aliphatic carboxylic acids is 1. The Morgan fingerprint density at radius 2 is 2.12 bits per heavy atom. The molecule has 0 saturated heterocycles. The van der Waals surface area contributed by atoms with Crippen molar-refractivity contribution in [2.24, 2.45) is 5.92 Å². The highest BCUT2D eigenvalue weighted by Crippen LogP contribution is 2.34. The standard InChI is InChI=1S/C18H23ClF2N2O3/c19-15-5-12(3-4-16(15)26-18(20)21)8-22-13-6-14(7-13)23(10-17(24)25)9-11-1-2-11/h3-5,11,13-14,18,22H,1-2,6-10H2,(H,24,25). The summed E-state index contributed by atoms with van der Waals surface area (Å²) >= 11 is 5.96. The van der Waals surface area contributed by atoms with E-state index in [9.17, 15) is 13.6 Å². The maximum atomic E-state index is 12.2. The van der Waals surface area contributed by atoms with Gasteiger partial charge in [0.1, 0.15) is 5.75 Å². The first-order chi connectivity index (χ1) is 12.4. The maximum absolute atomic E-state index is 12.2. The zero-order valence-corrected chi connectivity index (χ0v) is 15.1. The number of halogens is 3. The Hall–Kier alpha value is -1.44. The minimum Gasteiger partial charge on any atom is -0.480 e. The molecule has 1 aromatic rings. The molecule has 1 aromatic carbocycles. The number of benzene rings is 1. The Labute approximate surface area is 156 Å². The van der Waals surface area contributed by atoms with Gasteiger partial charge in [0.15, 0.2) is 0 Å². The van der Waals surface area contributed by atoms with Gasteiger partial charge in [0, 0.05) is 25.2 Å². The number of carboxylic acid groups (broad SMARTS) is 1. The number of hydrogen-bond donors (Lipinski definition) is 2. The summed E-state index contributed by atoms with van der Waals surface area (Å²) in [5.74, 6) is -0.140. The van der Waals surface area contributed by atoms with Gasteiger partial charge in [-0.25, -0.2) is 0 Å². The Morgan fingerprint density at radius 1 is 1.38 bits per heavy atom. The monoisotopic (exact) mass is 388 g/mol. The summed E-state index contributed by atoms with van der Waals surface area (Å²) in [5.41, 5.74) is 0.889. The molecule has 0 spiro atoms. The van der Waals surface area contributed by atoms with Crippen molar-refractivity contribution >= 4 is 17.6 Å². The smallest absolute Gasteiger partial charge is 0.387 e. The summed E-state index contributed by atoms with van der Waals surface area (Å²) in [6, 6.07) is 5.41. The number of alkyl halides is 2. The predicted octanol–water partition coefficient (Wildman–Crippen LogP) is 3.36. The fraction of sp³-hybridized carbons (Fsp3) is 0.611. The van der Waals surface area contributed by atoms with Crippen LogP contribution in [0.5, 0.6) is 5.75 Å². The first-order valence-corrected chi connectivity index (χ1v) is 9.21. The van der Waals surface area contributed by atoms with Gasteiger partial charge in [-0.05, 0) is 49.3 Å². The Morgan fingerprint density at radius 3 is 2.69 bits per heavy atom. The van der Waals surface area contributed by atoms with E-state index in [1.54, 1.807) is 12.1 Å². The van der Waals surface area contributed by atoms with Gasteiger partial charge in [0.2, 0.25) is 0 Å². The summed E-state index contributed by atoms with van der Waals surface area (Å²) < 4.78 is 28.8. The van der Waals surface area contributed by atoms with Crippen LogP contribution in [0.1, 0.15) is 31.2 Å². The Bertz CT molecular complexity index is 637. The minimum atomic E-state index is -2.90. The zero-order chi connectivity index (χ0) is 18.7. The molecule has 0 atom stereocenters. The first-order valence-electron chi connectivity index (χ1n) is 8.83. The van der Waals surface area contributed by atoms with E-state index in [2.05, 4.69) is 15.0 Å². The van der Waals surface area contributed by atoms with Crippen molar-refractivity contribution in [1.29, 1.82) is 0 Å². The SMILES string of the molecule is O=C(O)CN(CC1CC1)C1CC(NCc2ccc(OC(F)F)c(Cl)c2)C1. The minimum absolute atomic E-state index is 0.0292. The molecule has 5 nitrogen and oxygen atoms in total. The van der Waals surface area contributed by atoms with Gasteiger partial charge in [0.25, 0.3) is 0 Å². The molecule has 0 aromatic heterocycles. The third-order valence-corrected chi connectivity index (χ3v) is 5.26. The second-order valence-electron chi connectivity index (χ2n) is 7.11. The third kappa shape index (κ3) is 5.53. The van der Waals surface area contributed by atoms with Crippen LogP contribution < -0.4 is 10.1 Å². The molecule has 0 unspecified atom stereocenters. The first kappa shape index (κ1) is 19.3. The topological polar surface area (TPSA) is 61.8 Å². The fourth-order valence-electron chi connectivity index (χ4n) is 3.31. The number of hydrogen-bond acceptors (Lipinski definition) is 4. The molecule has 144 valence electrons. The van der Waals surface area contributed by atoms with Crippen molar-refractivity contribution in [3.05, 3.63) is 28.8 Å². The van der Waals surface area contributed by atoms with E-state index in [0.717, 1.165) is 24.9 Å². The van der Waals surface area contributed by atoms with Crippen molar-refractivity contribution < 1.29 is 23.4 Å². The van der Waals surface area contributed by atoms with E-state index >= 15 is 0 Å². The lowest BCUT2D eigenvalue weighted by Crippen LogP contribution is -2.54. The molecule has 2 aliphatic carbocycles. The average Bonchev–Trinajstić information content (AvgIpc) is 3.31. The molecule has 0 aliphatic heterocycles. The van der Waals surface area contributed by atoms with Gasteiger partial charge in [-0.2, -0.15) is 8.78 Å². The lowest BCUT2D eigenvalue weighted by molar-refractivity contribution is -0.139. The van der Waals surface area contributed by atoms with Crippen molar-refractivity contribution in [2.45, 2.75) is 50.9 Å². The third-order valence-electron chi connectivity index (χ3n) is 4.96. The second-order valence-corrected chi connectivity index (χ2v) is 7.52. The lowest BCUT2D eigenvalue weighted by Gasteiger charge is -2.43. The summed E-state index contributed by atoms with van der Waals surface area (Å²) in [4.78, 5) is 13.1. The normalized spacial score (nSPS) is 22.5. The highest BCUT2D eigenvalue weighted by Gasteiger charge is 2.36. The molecule has 2 saturated carbocycles. The van der Waals surface area contributed by atoms with Crippen LogP contribution in [-0.2, 0) is 11.3 Å². The fourth-order valence-corrected chi connectivity index (χ4v) is 3.56. The van der Waals surface area contributed by atoms with Gasteiger partial charge >= 0.3 is 12.6 Å². The molecule has 26 heavy (non-hydrogen) atoms. The second kappa shape index (κ2) is 8.50. The molecular weight excluding hydrogens is 366 g/mol. The van der Waals surface area contributed by atoms with Crippen molar-refractivity contribution in [2.75, 3.05) is 13.1 Å². The van der Waals surface area contributed by atoms with E-state index in [-0.39, 0.29) is 17.3 Å². The average molecular weight is 389 g/mol. The van der Waals surface area contributed by atoms with Gasteiger partial charge < -0.3 is 15.2 Å². The van der Waals surface area contributed by atoms with Crippen molar-refractivity contribution in [1.82, 2.24) is 10.2 Å². The molecule has 0 radical (unpaired) electrons. The predicted molar refractivity (Wildman–Crippen MR) is 93.7 cm³/mol. The molecular formula is C18H23ClF2N2O3. The lowest BCUT2D eigenvalue weighted by atomic mass is 9.85. The van der Waals surface area contributed by atoms with E-state index in [1.165, 1.54) is 18.9 Å². The molecule has 8 heteroatoms. The van der Waals surface area contributed by atoms with Crippen molar-refractivity contribution in [3.63, 3.8) is 0 Å². The molecule has 2 aliphatic rings. The van der Waals surface area contributed by atoms with Crippen LogP contribution in [0.15, 0.2) is 18.2 Å². The van der Waals surface area contributed by atoms with Crippen LogP contribution >= 0.6 is 11.6 Å². The van der Waals surface area contributed by atoms with Gasteiger partial charge in [-0.1, -0.05) is 17.7 Å². The molecule has 3 rings (SSSR count). The number of nitrogens with one attached hydrogen (secondary N) is 1. The highest BCUT2D eigenvalue weighted by molar-refractivity contribution is 6.32. The zero-order valence-electron chi connectivity index (χ0n) is 14.3. The Balaban J connectivity index is 1.43. The summed E-state index contributed by atoms with van der Waals surface area (Å²) in [5, 5.41) is 12.6. The van der Waals surface area contributed by atoms with Crippen LogP contribution in [0.2, 0.25) is 5.02 Å². The van der Waals surface area contributed by atoms with E-state index in [1.807, 2.05) is 0 Å². The van der Waals surface area contributed by atoms with Gasteiger partial charge in [-0.3, -0.25) is 9.69 Å². The van der Waals surface area contributed by atoms with Crippen LogP contribution in [0, 0.1) is 5.92 Å². The number of carbonyl (C=O) groups is 1. The summed E-state index contributed by atoms with van der Waals surface area (Å²) in [7, 11) is 0. The molecule has 2 N–H and O–H groups in total. The quantitative estimate of drug-likeness (QED) is 0.643.